The molecule has 0 saturated heterocycles. The average Bonchev–Trinajstić information content (AvgIpc) is 2.73. The third kappa shape index (κ3) is 6.28. The van der Waals surface area contributed by atoms with E-state index in [-0.39, 0.29) is 27.7 Å². The Balaban J connectivity index is 2.19. The van der Waals surface area contributed by atoms with Crippen molar-refractivity contribution in [3.05, 3.63) is 57.6 Å². The molecule has 2 rings (SSSR count). The van der Waals surface area contributed by atoms with E-state index in [1.54, 1.807) is 19.1 Å². The molecule has 0 radical (unpaired) electrons. The number of nitrogens with two attached hydrogens (primary N) is 1. The molecule has 0 aliphatic rings. The van der Waals surface area contributed by atoms with Gasteiger partial charge in [-0.2, -0.15) is 13.5 Å². The number of nitrogens with one attached hydrogen (secondary N) is 1. The molecule has 0 bridgehead atoms. The zero-order chi connectivity index (χ0) is 23.0. The van der Waals surface area contributed by atoms with E-state index in [2.05, 4.69) is 19.3 Å². The summed E-state index contributed by atoms with van der Waals surface area (Å²) in [5.41, 5.74) is 8.39. The zero-order valence-electron chi connectivity index (χ0n) is 16.6. The van der Waals surface area contributed by atoms with E-state index < -0.39 is 21.2 Å². The molecule has 2 aromatic rings. The molecule has 166 valence electrons. The van der Waals surface area contributed by atoms with Gasteiger partial charge in [-0.05, 0) is 31.2 Å². The molecule has 2 aromatic carbocycles. The molecule has 0 amide bonds. The fraction of sp³-hybridized carbons (Fsp3) is 0.176. The van der Waals surface area contributed by atoms with Crippen LogP contribution in [-0.4, -0.2) is 39.9 Å². The van der Waals surface area contributed by atoms with Crippen LogP contribution in [0.15, 0.2) is 51.5 Å². The lowest BCUT2D eigenvalue weighted by Gasteiger charge is -2.12. The molecule has 0 fully saturated rings. The molecule has 0 atom stereocenters. The predicted octanol–water partition coefficient (Wildman–Crippen LogP) is 1.14. The second-order valence-corrected chi connectivity index (χ2v) is 7.26. The van der Waals surface area contributed by atoms with Crippen LogP contribution in [0.4, 0.5) is 0 Å². The summed E-state index contributed by atoms with van der Waals surface area (Å²) in [4.78, 5) is 15.2. The topological polar surface area (TPSA) is 177 Å². The average molecular weight is 453 g/mol. The van der Waals surface area contributed by atoms with Crippen molar-refractivity contribution in [2.24, 2.45) is 15.9 Å². The molecule has 0 unspecified atom stereocenters. The number of rotatable bonds is 9. The van der Waals surface area contributed by atoms with Gasteiger partial charge in [-0.3, -0.25) is 4.84 Å². The van der Waals surface area contributed by atoms with Gasteiger partial charge in [-0.1, -0.05) is 17.7 Å². The molecule has 0 aliphatic heterocycles. The highest BCUT2D eigenvalue weighted by Gasteiger charge is 2.18. The summed E-state index contributed by atoms with van der Waals surface area (Å²) in [5.74, 6) is -0.580. The van der Waals surface area contributed by atoms with Crippen molar-refractivity contribution in [3.8, 4) is 17.2 Å². The lowest BCUT2D eigenvalue weighted by atomic mass is 10.2. The van der Waals surface area contributed by atoms with Gasteiger partial charge in [0, 0.05) is 0 Å². The first-order valence-corrected chi connectivity index (χ1v) is 9.78. The number of hydroxylamine groups is 1. The molecular weight excluding hydrogens is 434 g/mol. The Kier molecular flexibility index (Phi) is 7.70. The first kappa shape index (κ1) is 23.4. The number of aryl methyl sites for hydroxylation is 1. The normalized spacial score (nSPS) is 11.9. The van der Waals surface area contributed by atoms with Gasteiger partial charge in [-0.15, -0.1) is 19.5 Å². The van der Waals surface area contributed by atoms with E-state index in [1.807, 2.05) is 5.48 Å². The molecule has 3 N–H and O–H groups in total. The quantitative estimate of drug-likeness (QED) is 0.242. The monoisotopic (exact) mass is 453 g/mol. The molecule has 0 saturated carbocycles. The van der Waals surface area contributed by atoms with Gasteiger partial charge in [-0.25, -0.2) is 5.48 Å². The van der Waals surface area contributed by atoms with Crippen molar-refractivity contribution >= 4 is 22.3 Å². The SMILES string of the molecule is COc1ccc(OC)c(O[N+](=O)[O-])c1C=NN=C(N)NOS(=O)(=O)c1ccc(C)cc1. The standard InChI is InChI=1S/C17H19N5O8S/c1-11-4-6-12(7-5-11)31(25,26)30-21-17(18)20-19-10-13-14(27-2)8-9-15(28-3)16(13)29-22(23)24/h4-10H,1-3H3,(H3,18,20,21). The number of nitrogens with zero attached hydrogens (tertiary/aromatic N) is 3. The van der Waals surface area contributed by atoms with Crippen LogP contribution in [0.25, 0.3) is 0 Å². The molecule has 0 spiro atoms. The maximum atomic E-state index is 12.1. The van der Waals surface area contributed by atoms with Crippen LogP contribution >= 0.6 is 0 Å². The first-order valence-electron chi connectivity index (χ1n) is 8.38. The fourth-order valence-electron chi connectivity index (χ4n) is 2.21. The molecule has 0 aliphatic carbocycles. The largest absolute Gasteiger partial charge is 0.496 e. The Morgan fingerprint density at radius 3 is 2.32 bits per heavy atom. The maximum absolute atomic E-state index is 12.1. The Hall–Kier alpha value is -3.91. The Morgan fingerprint density at radius 1 is 1.13 bits per heavy atom. The van der Waals surface area contributed by atoms with Crippen molar-refractivity contribution in [2.75, 3.05) is 14.2 Å². The molecule has 0 aromatic heterocycles. The Labute approximate surface area is 177 Å². The van der Waals surface area contributed by atoms with E-state index in [0.717, 1.165) is 11.8 Å². The van der Waals surface area contributed by atoms with Crippen LogP contribution in [-0.2, 0) is 14.4 Å². The van der Waals surface area contributed by atoms with Gasteiger partial charge in [0.15, 0.2) is 5.75 Å². The molecule has 13 nitrogen and oxygen atoms in total. The summed E-state index contributed by atoms with van der Waals surface area (Å²) in [5, 5.41) is 16.9. The number of ether oxygens (including phenoxy) is 2. The summed E-state index contributed by atoms with van der Waals surface area (Å²) in [7, 11) is -1.52. The highest BCUT2D eigenvalue weighted by Crippen LogP contribution is 2.36. The second kappa shape index (κ2) is 10.2. The summed E-state index contributed by atoms with van der Waals surface area (Å²) >= 11 is 0. The summed E-state index contributed by atoms with van der Waals surface area (Å²) in [6.45, 7) is 1.80. The van der Waals surface area contributed by atoms with E-state index in [1.165, 1.54) is 38.5 Å². The van der Waals surface area contributed by atoms with Crippen LogP contribution in [0.5, 0.6) is 17.2 Å². The smallest absolute Gasteiger partial charge is 0.317 e. The number of hydrogen-bond donors (Lipinski definition) is 2. The van der Waals surface area contributed by atoms with Crippen molar-refractivity contribution in [1.29, 1.82) is 0 Å². The van der Waals surface area contributed by atoms with Crippen LogP contribution in [0, 0.1) is 17.0 Å². The Morgan fingerprint density at radius 2 is 1.74 bits per heavy atom. The highest BCUT2D eigenvalue weighted by molar-refractivity contribution is 7.86. The maximum Gasteiger partial charge on any atom is 0.317 e. The van der Waals surface area contributed by atoms with Gasteiger partial charge >= 0.3 is 10.1 Å². The third-order valence-corrected chi connectivity index (χ3v) is 4.80. The number of guanidine groups is 1. The number of methoxy groups -OCH3 is 2. The van der Waals surface area contributed by atoms with Gasteiger partial charge in [0.1, 0.15) is 11.5 Å². The molecule has 14 heteroatoms. The summed E-state index contributed by atoms with van der Waals surface area (Å²) in [6.07, 6.45) is 1.04. The van der Waals surface area contributed by atoms with Gasteiger partial charge < -0.3 is 15.2 Å². The minimum atomic E-state index is -4.14. The number of hydrogen-bond acceptors (Lipinski definition) is 10. The van der Waals surface area contributed by atoms with Crippen LogP contribution in [0.3, 0.4) is 0 Å². The minimum Gasteiger partial charge on any atom is -0.496 e. The Bertz CT molecular complexity index is 1100. The number of benzene rings is 2. The first-order chi connectivity index (χ1) is 14.7. The van der Waals surface area contributed by atoms with E-state index >= 15 is 0 Å². The van der Waals surface area contributed by atoms with Crippen molar-refractivity contribution in [1.82, 2.24) is 5.48 Å². The van der Waals surface area contributed by atoms with Gasteiger partial charge in [0.05, 0.1) is 30.9 Å². The second-order valence-electron chi connectivity index (χ2n) is 5.71. The summed E-state index contributed by atoms with van der Waals surface area (Å²) < 4.78 is 39.0. The fourth-order valence-corrected chi connectivity index (χ4v) is 2.97. The highest BCUT2D eigenvalue weighted by atomic mass is 32.2. The minimum absolute atomic E-state index is 0.0308. The van der Waals surface area contributed by atoms with E-state index in [9.17, 15) is 18.5 Å². The summed E-state index contributed by atoms with van der Waals surface area (Å²) in [6, 6.07) is 8.80. The van der Waals surface area contributed by atoms with Crippen LogP contribution in [0.2, 0.25) is 0 Å². The van der Waals surface area contributed by atoms with Crippen molar-refractivity contribution in [2.45, 2.75) is 11.8 Å². The lowest BCUT2D eigenvalue weighted by molar-refractivity contribution is -0.711. The zero-order valence-corrected chi connectivity index (χ0v) is 17.5. The molecule has 0 heterocycles. The molecule has 31 heavy (non-hydrogen) atoms. The van der Waals surface area contributed by atoms with Crippen LogP contribution < -0.4 is 25.5 Å². The van der Waals surface area contributed by atoms with E-state index in [4.69, 9.17) is 15.2 Å². The predicted molar refractivity (Wildman–Crippen MR) is 109 cm³/mol. The van der Waals surface area contributed by atoms with Crippen LogP contribution in [0.1, 0.15) is 11.1 Å². The van der Waals surface area contributed by atoms with E-state index in [0.29, 0.717) is 0 Å². The van der Waals surface area contributed by atoms with Gasteiger partial charge in [0.25, 0.3) is 5.09 Å². The van der Waals surface area contributed by atoms with Crippen molar-refractivity contribution < 1.29 is 32.1 Å². The van der Waals surface area contributed by atoms with Crippen molar-refractivity contribution in [3.63, 3.8) is 0 Å². The lowest BCUT2D eigenvalue weighted by Crippen LogP contribution is -2.33. The molecular formula is C17H19N5O8S. The third-order valence-electron chi connectivity index (χ3n) is 3.64. The van der Waals surface area contributed by atoms with Gasteiger partial charge in [0.2, 0.25) is 5.96 Å².